The first-order valence-electron chi connectivity index (χ1n) is 7.93. The SMILES string of the molecule is CC(=O)NC(C)C(=O)Nc1ccc2c(c1)C(CO)c1ccccc1-2. The Balaban J connectivity index is 1.86. The van der Waals surface area contributed by atoms with Crippen LogP contribution in [-0.2, 0) is 9.59 Å². The van der Waals surface area contributed by atoms with Crippen molar-refractivity contribution < 1.29 is 14.7 Å². The monoisotopic (exact) mass is 324 g/mol. The van der Waals surface area contributed by atoms with Crippen molar-refractivity contribution in [1.29, 1.82) is 0 Å². The number of fused-ring (bicyclic) bond motifs is 3. The van der Waals surface area contributed by atoms with Gasteiger partial charge in [0.25, 0.3) is 0 Å². The van der Waals surface area contributed by atoms with Crippen molar-refractivity contribution in [2.24, 2.45) is 0 Å². The number of hydrogen-bond acceptors (Lipinski definition) is 3. The Morgan fingerprint density at radius 3 is 2.54 bits per heavy atom. The third-order valence-corrected chi connectivity index (χ3v) is 4.32. The molecule has 0 saturated carbocycles. The zero-order valence-corrected chi connectivity index (χ0v) is 13.7. The number of benzene rings is 2. The van der Waals surface area contributed by atoms with Crippen molar-refractivity contribution in [2.45, 2.75) is 25.8 Å². The van der Waals surface area contributed by atoms with Crippen molar-refractivity contribution in [3.63, 3.8) is 0 Å². The number of carbonyl (C=O) groups is 2. The van der Waals surface area contributed by atoms with E-state index in [1.54, 1.807) is 6.92 Å². The van der Waals surface area contributed by atoms with E-state index in [0.717, 1.165) is 22.3 Å². The fourth-order valence-corrected chi connectivity index (χ4v) is 3.21. The first-order valence-corrected chi connectivity index (χ1v) is 7.93. The molecule has 3 N–H and O–H groups in total. The molecule has 2 unspecified atom stereocenters. The highest BCUT2D eigenvalue weighted by atomic mass is 16.3. The van der Waals surface area contributed by atoms with Crippen molar-refractivity contribution in [2.75, 3.05) is 11.9 Å². The van der Waals surface area contributed by atoms with Crippen LogP contribution in [0.2, 0.25) is 0 Å². The van der Waals surface area contributed by atoms with E-state index in [-0.39, 0.29) is 24.3 Å². The fraction of sp³-hybridized carbons (Fsp3) is 0.263. The predicted molar refractivity (Wildman–Crippen MR) is 92.7 cm³/mol. The standard InChI is InChI=1S/C19H20N2O3/c1-11(20-12(2)23)19(24)21-13-7-8-16-14-5-3-4-6-15(14)18(10-22)17(16)9-13/h3-9,11,18,22H,10H2,1-2H3,(H,20,23)(H,21,24). The summed E-state index contributed by atoms with van der Waals surface area (Å²) in [6, 6.07) is 13.1. The Bertz CT molecular complexity index is 801. The number of nitrogens with one attached hydrogen (secondary N) is 2. The lowest BCUT2D eigenvalue weighted by molar-refractivity contribution is -0.124. The molecule has 24 heavy (non-hydrogen) atoms. The maximum absolute atomic E-state index is 12.1. The Kier molecular flexibility index (Phi) is 4.36. The smallest absolute Gasteiger partial charge is 0.246 e. The number of hydrogen-bond donors (Lipinski definition) is 3. The lowest BCUT2D eigenvalue weighted by Gasteiger charge is -2.15. The molecule has 0 fully saturated rings. The summed E-state index contributed by atoms with van der Waals surface area (Å²) in [5.41, 5.74) is 4.96. The molecule has 2 aromatic rings. The van der Waals surface area contributed by atoms with Gasteiger partial charge in [-0.15, -0.1) is 0 Å². The molecular weight excluding hydrogens is 304 g/mol. The van der Waals surface area contributed by atoms with Gasteiger partial charge in [-0.1, -0.05) is 30.3 Å². The maximum atomic E-state index is 12.1. The highest BCUT2D eigenvalue weighted by Crippen LogP contribution is 2.45. The van der Waals surface area contributed by atoms with Gasteiger partial charge in [-0.25, -0.2) is 0 Å². The molecule has 0 spiro atoms. The molecule has 1 aliphatic carbocycles. The van der Waals surface area contributed by atoms with E-state index in [0.29, 0.717) is 5.69 Å². The maximum Gasteiger partial charge on any atom is 0.246 e. The second-order valence-electron chi connectivity index (χ2n) is 6.04. The zero-order valence-electron chi connectivity index (χ0n) is 13.7. The highest BCUT2D eigenvalue weighted by Gasteiger charge is 2.28. The van der Waals surface area contributed by atoms with Gasteiger partial charge in [-0.3, -0.25) is 9.59 Å². The largest absolute Gasteiger partial charge is 0.395 e. The summed E-state index contributed by atoms with van der Waals surface area (Å²) in [6.45, 7) is 3.03. The molecule has 5 nitrogen and oxygen atoms in total. The molecule has 2 aromatic carbocycles. The van der Waals surface area contributed by atoms with Crippen molar-refractivity contribution >= 4 is 17.5 Å². The molecule has 0 radical (unpaired) electrons. The van der Waals surface area contributed by atoms with Gasteiger partial charge in [0.1, 0.15) is 6.04 Å². The summed E-state index contributed by atoms with van der Waals surface area (Å²) in [5.74, 6) is -0.607. The second kappa shape index (κ2) is 6.45. The van der Waals surface area contributed by atoms with Crippen LogP contribution in [0.15, 0.2) is 42.5 Å². The quantitative estimate of drug-likeness (QED) is 0.807. The molecule has 0 bridgehead atoms. The molecule has 5 heteroatoms. The third kappa shape index (κ3) is 2.90. The third-order valence-electron chi connectivity index (χ3n) is 4.32. The van der Waals surface area contributed by atoms with E-state index in [1.807, 2.05) is 42.5 Å². The normalized spacial score (nSPS) is 16.0. The van der Waals surface area contributed by atoms with Gasteiger partial charge < -0.3 is 15.7 Å². The number of aliphatic hydroxyl groups excluding tert-OH is 1. The number of carbonyl (C=O) groups excluding carboxylic acids is 2. The Morgan fingerprint density at radius 2 is 1.83 bits per heavy atom. The van der Waals surface area contributed by atoms with Crippen LogP contribution in [0.1, 0.15) is 30.9 Å². The van der Waals surface area contributed by atoms with Crippen LogP contribution >= 0.6 is 0 Å². The van der Waals surface area contributed by atoms with Crippen molar-refractivity contribution in [3.05, 3.63) is 53.6 Å². The summed E-state index contributed by atoms with van der Waals surface area (Å²) >= 11 is 0. The lowest BCUT2D eigenvalue weighted by Crippen LogP contribution is -2.40. The average Bonchev–Trinajstić information content (AvgIpc) is 2.87. The van der Waals surface area contributed by atoms with E-state index >= 15 is 0 Å². The van der Waals surface area contributed by atoms with E-state index in [2.05, 4.69) is 10.6 Å². The number of anilines is 1. The molecule has 2 atom stereocenters. The van der Waals surface area contributed by atoms with Gasteiger partial charge in [0, 0.05) is 18.5 Å². The molecular formula is C19H20N2O3. The zero-order chi connectivity index (χ0) is 17.3. The first-order chi connectivity index (χ1) is 11.5. The van der Waals surface area contributed by atoms with Crippen LogP contribution < -0.4 is 10.6 Å². The highest BCUT2D eigenvalue weighted by molar-refractivity contribution is 5.97. The summed E-state index contributed by atoms with van der Waals surface area (Å²) in [5, 5.41) is 15.2. The van der Waals surface area contributed by atoms with Gasteiger partial charge in [0.05, 0.1) is 6.61 Å². The lowest BCUT2D eigenvalue weighted by atomic mass is 9.98. The minimum absolute atomic E-state index is 0.0176. The molecule has 2 amide bonds. The summed E-state index contributed by atoms with van der Waals surface area (Å²) in [7, 11) is 0. The number of amides is 2. The number of aliphatic hydroxyl groups is 1. The Labute approximate surface area is 140 Å². The second-order valence-corrected chi connectivity index (χ2v) is 6.04. The molecule has 0 aliphatic heterocycles. The molecule has 1 aliphatic rings. The van der Waals surface area contributed by atoms with E-state index in [1.165, 1.54) is 6.92 Å². The van der Waals surface area contributed by atoms with Crippen molar-refractivity contribution in [3.8, 4) is 11.1 Å². The average molecular weight is 324 g/mol. The topological polar surface area (TPSA) is 78.4 Å². The number of rotatable bonds is 4. The van der Waals surface area contributed by atoms with Gasteiger partial charge in [-0.2, -0.15) is 0 Å². The van der Waals surface area contributed by atoms with Crippen LogP contribution in [0.25, 0.3) is 11.1 Å². The molecule has 0 heterocycles. The molecule has 124 valence electrons. The summed E-state index contributed by atoms with van der Waals surface area (Å²) in [6.07, 6.45) is 0. The van der Waals surface area contributed by atoms with Gasteiger partial charge in [0.15, 0.2) is 0 Å². The van der Waals surface area contributed by atoms with E-state index < -0.39 is 6.04 Å². The Hall–Kier alpha value is -2.66. The fourth-order valence-electron chi connectivity index (χ4n) is 3.21. The van der Waals surface area contributed by atoms with Crippen LogP contribution in [0.5, 0.6) is 0 Å². The van der Waals surface area contributed by atoms with Gasteiger partial charge in [-0.05, 0) is 41.3 Å². The minimum atomic E-state index is -0.610. The van der Waals surface area contributed by atoms with E-state index in [4.69, 9.17) is 0 Å². The van der Waals surface area contributed by atoms with E-state index in [9.17, 15) is 14.7 Å². The van der Waals surface area contributed by atoms with Gasteiger partial charge >= 0.3 is 0 Å². The van der Waals surface area contributed by atoms with Gasteiger partial charge in [0.2, 0.25) is 11.8 Å². The van der Waals surface area contributed by atoms with Crippen molar-refractivity contribution in [1.82, 2.24) is 5.32 Å². The summed E-state index contributed by atoms with van der Waals surface area (Å²) in [4.78, 5) is 23.2. The first kappa shape index (κ1) is 16.2. The molecule has 3 rings (SSSR count). The molecule has 0 aromatic heterocycles. The van der Waals surface area contributed by atoms with Crippen LogP contribution in [0.3, 0.4) is 0 Å². The Morgan fingerprint density at radius 1 is 1.12 bits per heavy atom. The summed E-state index contributed by atoms with van der Waals surface area (Å²) < 4.78 is 0. The van der Waals surface area contributed by atoms with Crippen LogP contribution in [0, 0.1) is 0 Å². The predicted octanol–water partition coefficient (Wildman–Crippen LogP) is 2.25. The minimum Gasteiger partial charge on any atom is -0.395 e. The van der Waals surface area contributed by atoms with Crippen LogP contribution in [0.4, 0.5) is 5.69 Å². The van der Waals surface area contributed by atoms with Crippen LogP contribution in [-0.4, -0.2) is 29.6 Å². The molecule has 0 saturated heterocycles.